The molecule has 178 valence electrons. The molecule has 2 N–H and O–H groups in total. The average molecular weight is 466 g/mol. The number of aldehydes is 1. The van der Waals surface area contributed by atoms with Gasteiger partial charge in [0.25, 0.3) is 0 Å². The van der Waals surface area contributed by atoms with Gasteiger partial charge in [-0.25, -0.2) is 8.63 Å². The summed E-state index contributed by atoms with van der Waals surface area (Å²) in [7, 11) is -3.07. The van der Waals surface area contributed by atoms with Gasteiger partial charge in [-0.15, -0.1) is 0 Å². The van der Waals surface area contributed by atoms with Crippen LogP contribution in [0.25, 0.3) is 17.0 Å². The molecule has 0 fully saturated rings. The van der Waals surface area contributed by atoms with Crippen molar-refractivity contribution >= 4 is 25.3 Å². The Morgan fingerprint density at radius 2 is 1.59 bits per heavy atom. The smallest absolute Gasteiger partial charge is 0.503 e. The second-order valence-corrected chi connectivity index (χ2v) is 7.90. The van der Waals surface area contributed by atoms with Gasteiger partial charge in [0.2, 0.25) is 5.78 Å². The first-order chi connectivity index (χ1) is 16.4. The van der Waals surface area contributed by atoms with E-state index in [0.29, 0.717) is 36.2 Å². The number of nitrogens with one attached hydrogen (secondary N) is 2. The van der Waals surface area contributed by atoms with Gasteiger partial charge in [0.15, 0.2) is 0 Å². The number of carbonyl (C=O) groups excluding carboxylic acids is 2. The number of aromatic nitrogens is 2. The molecule has 0 aliphatic heterocycles. The molecule has 2 heterocycles. The minimum Gasteiger partial charge on any atom is -0.503 e. The van der Waals surface area contributed by atoms with Crippen molar-refractivity contribution in [2.24, 2.45) is 0 Å². The number of aryl methyl sites for hydroxylation is 1. The van der Waals surface area contributed by atoms with Gasteiger partial charge in [0.1, 0.15) is 12.0 Å². The molecule has 1 aromatic carbocycles. The summed E-state index contributed by atoms with van der Waals surface area (Å²) in [6.07, 6.45) is 6.30. The number of H-pyrrole nitrogens is 2. The van der Waals surface area contributed by atoms with Crippen molar-refractivity contribution in [1.82, 2.24) is 9.97 Å². The molecule has 5 nitrogen and oxygen atoms in total. The third-order valence-electron chi connectivity index (χ3n) is 6.05. The Balaban J connectivity index is 2.11. The van der Waals surface area contributed by atoms with Crippen LogP contribution in [-0.2, 0) is 30.3 Å². The molecule has 2 aromatic heterocycles. The minimum absolute atomic E-state index is 0.178. The maximum atomic E-state index is 13.4. The molecule has 3 aromatic rings. The highest BCUT2D eigenvalue weighted by atomic mass is 19.2. The number of hydrogen-bond acceptors (Lipinski definition) is 3. The summed E-state index contributed by atoms with van der Waals surface area (Å²) in [5.74, 6) is -0.615. The highest BCUT2D eigenvalue weighted by Gasteiger charge is 2.26. The van der Waals surface area contributed by atoms with Crippen LogP contribution in [0.5, 0.6) is 0 Å². The Labute approximate surface area is 198 Å². The molecular formula is C26H29BF2N2O3. The number of aromatic amines is 2. The Morgan fingerprint density at radius 3 is 2.12 bits per heavy atom. The van der Waals surface area contributed by atoms with E-state index < -0.39 is 13.3 Å². The topological polar surface area (TPSA) is 75.0 Å². The molecule has 0 unspecified atom stereocenters. The largest absolute Gasteiger partial charge is 0.796 e. The standard InChI is InChI=1S/C26H29BF2N2O3/c1-5-17-14-30-26(19(17)6-2)23(34-27(28)29)13-22(33)25-21(8-4)20(7-3)24(31-25)18-11-9-16(15-32)10-12-18/h9-15,30-31H,5-8H2,1-4H3/b23-13-. The number of allylic oxidation sites excluding steroid dienone is 1. The lowest BCUT2D eigenvalue weighted by atomic mass is 9.98. The van der Waals surface area contributed by atoms with Crippen LogP contribution in [0.1, 0.15) is 76.5 Å². The van der Waals surface area contributed by atoms with Crippen molar-refractivity contribution in [2.45, 2.75) is 53.4 Å². The zero-order valence-corrected chi connectivity index (χ0v) is 19.9. The second kappa shape index (κ2) is 11.1. The van der Waals surface area contributed by atoms with E-state index in [4.69, 9.17) is 4.65 Å². The molecule has 8 heteroatoms. The molecule has 0 amide bonds. The first-order valence-electron chi connectivity index (χ1n) is 11.6. The second-order valence-electron chi connectivity index (χ2n) is 7.90. The molecule has 34 heavy (non-hydrogen) atoms. The number of rotatable bonds is 11. The quantitative estimate of drug-likeness (QED) is 0.116. The minimum atomic E-state index is -3.07. The number of halogens is 2. The van der Waals surface area contributed by atoms with Crippen LogP contribution in [0.4, 0.5) is 8.63 Å². The van der Waals surface area contributed by atoms with Crippen LogP contribution in [0.2, 0.25) is 0 Å². The van der Waals surface area contributed by atoms with Gasteiger partial charge >= 0.3 is 7.47 Å². The van der Waals surface area contributed by atoms with Crippen LogP contribution in [0.3, 0.4) is 0 Å². The molecule has 0 bridgehead atoms. The molecule has 0 spiro atoms. The predicted octanol–water partition coefficient (Wildman–Crippen LogP) is 6.24. The van der Waals surface area contributed by atoms with E-state index in [1.807, 2.05) is 39.8 Å². The molecule has 0 saturated heterocycles. The van der Waals surface area contributed by atoms with E-state index in [2.05, 4.69) is 9.97 Å². The maximum Gasteiger partial charge on any atom is 0.796 e. The fourth-order valence-electron chi connectivity index (χ4n) is 4.43. The van der Waals surface area contributed by atoms with E-state index in [9.17, 15) is 18.2 Å². The van der Waals surface area contributed by atoms with Gasteiger partial charge in [-0.2, -0.15) is 0 Å². The zero-order chi connectivity index (χ0) is 24.8. The highest BCUT2D eigenvalue weighted by molar-refractivity contribution is 6.36. The lowest BCUT2D eigenvalue weighted by molar-refractivity contribution is 0.104. The Morgan fingerprint density at radius 1 is 0.941 bits per heavy atom. The van der Waals surface area contributed by atoms with Crippen LogP contribution < -0.4 is 0 Å². The Hall–Kier alpha value is -3.42. The van der Waals surface area contributed by atoms with Gasteiger partial charge in [0.05, 0.1) is 11.4 Å². The maximum absolute atomic E-state index is 13.4. The van der Waals surface area contributed by atoms with Crippen molar-refractivity contribution in [3.05, 3.63) is 75.7 Å². The SMILES string of the molecule is CCc1c[nH]c(/C(=C/C(=O)c2[nH]c(-c3ccc(C=O)cc3)c(CC)c2CC)OB(F)F)c1CC. The van der Waals surface area contributed by atoms with Crippen molar-refractivity contribution in [2.75, 3.05) is 0 Å². The summed E-state index contributed by atoms with van der Waals surface area (Å²) in [4.78, 5) is 30.6. The number of ketones is 1. The molecule has 0 aliphatic rings. The van der Waals surface area contributed by atoms with Crippen molar-refractivity contribution in [3.8, 4) is 11.3 Å². The molecule has 0 radical (unpaired) electrons. The van der Waals surface area contributed by atoms with Crippen LogP contribution >= 0.6 is 0 Å². The van der Waals surface area contributed by atoms with Crippen molar-refractivity contribution in [3.63, 3.8) is 0 Å². The zero-order valence-electron chi connectivity index (χ0n) is 19.9. The Bertz CT molecular complexity index is 1190. The van der Waals surface area contributed by atoms with E-state index in [1.165, 1.54) is 0 Å². The summed E-state index contributed by atoms with van der Waals surface area (Å²) < 4.78 is 31.4. The summed E-state index contributed by atoms with van der Waals surface area (Å²) in [6.45, 7) is 7.87. The van der Waals surface area contributed by atoms with Gasteiger partial charge in [-0.1, -0.05) is 52.0 Å². The molecule has 0 atom stereocenters. The van der Waals surface area contributed by atoms with Crippen molar-refractivity contribution in [1.29, 1.82) is 0 Å². The molecule has 0 saturated carbocycles. The summed E-state index contributed by atoms with van der Waals surface area (Å²) in [6, 6.07) is 7.07. The lowest BCUT2D eigenvalue weighted by Crippen LogP contribution is -2.09. The third kappa shape index (κ3) is 5.06. The third-order valence-corrected chi connectivity index (χ3v) is 6.05. The van der Waals surface area contributed by atoms with Crippen LogP contribution in [-0.4, -0.2) is 29.5 Å². The van der Waals surface area contributed by atoms with Crippen molar-refractivity contribution < 1.29 is 22.9 Å². The number of hydrogen-bond donors (Lipinski definition) is 2. The van der Waals surface area contributed by atoms with E-state index in [-0.39, 0.29) is 5.76 Å². The number of benzene rings is 1. The lowest BCUT2D eigenvalue weighted by Gasteiger charge is -2.10. The average Bonchev–Trinajstić information content (AvgIpc) is 3.44. The van der Waals surface area contributed by atoms with Gasteiger partial charge in [-0.3, -0.25) is 9.59 Å². The normalized spacial score (nSPS) is 11.5. The molecule has 0 aliphatic carbocycles. The first-order valence-corrected chi connectivity index (χ1v) is 11.6. The van der Waals surface area contributed by atoms with Gasteiger partial charge in [-0.05, 0) is 53.5 Å². The molecule has 3 rings (SSSR count). The fourth-order valence-corrected chi connectivity index (χ4v) is 4.43. The monoisotopic (exact) mass is 466 g/mol. The highest BCUT2D eigenvalue weighted by Crippen LogP contribution is 2.31. The van der Waals surface area contributed by atoms with Crippen LogP contribution in [0, 0.1) is 0 Å². The molecular weight excluding hydrogens is 437 g/mol. The van der Waals surface area contributed by atoms with Crippen LogP contribution in [0.15, 0.2) is 36.5 Å². The first kappa shape index (κ1) is 25.2. The fraction of sp³-hybridized carbons (Fsp3) is 0.308. The van der Waals surface area contributed by atoms with E-state index in [1.54, 1.807) is 18.3 Å². The van der Waals surface area contributed by atoms with E-state index >= 15 is 0 Å². The van der Waals surface area contributed by atoms with Gasteiger partial charge in [0, 0.05) is 23.5 Å². The van der Waals surface area contributed by atoms with Gasteiger partial charge < -0.3 is 14.6 Å². The summed E-state index contributed by atoms with van der Waals surface area (Å²) in [5, 5.41) is 0. The summed E-state index contributed by atoms with van der Waals surface area (Å²) in [5.41, 5.74) is 6.61. The van der Waals surface area contributed by atoms with E-state index in [0.717, 1.165) is 52.3 Å². The Kier molecular flexibility index (Phi) is 8.26. The number of carbonyl (C=O) groups is 2. The summed E-state index contributed by atoms with van der Waals surface area (Å²) >= 11 is 0. The predicted molar refractivity (Wildman–Crippen MR) is 131 cm³/mol.